The molecule has 7 heteroatoms. The fraction of sp³-hybridized carbons (Fsp3) is 0.200. The van der Waals surface area contributed by atoms with Gasteiger partial charge in [-0.15, -0.1) is 0 Å². The Labute approximate surface area is 137 Å². The molecule has 0 saturated heterocycles. The second kappa shape index (κ2) is 6.28. The van der Waals surface area contributed by atoms with Gasteiger partial charge in [0.2, 0.25) is 10.0 Å². The van der Waals surface area contributed by atoms with Gasteiger partial charge in [-0.05, 0) is 45.8 Å². The van der Waals surface area contributed by atoms with E-state index >= 15 is 0 Å². The van der Waals surface area contributed by atoms with E-state index in [9.17, 15) is 8.42 Å². The molecule has 1 N–H and O–H groups in total. The molecule has 116 valence electrons. The van der Waals surface area contributed by atoms with Crippen molar-refractivity contribution in [3.63, 3.8) is 0 Å². The third kappa shape index (κ3) is 3.26. The second-order valence-electron chi connectivity index (χ2n) is 4.73. The van der Waals surface area contributed by atoms with Gasteiger partial charge in [-0.1, -0.05) is 18.2 Å². The van der Waals surface area contributed by atoms with E-state index in [-0.39, 0.29) is 11.4 Å². The first kappa shape index (κ1) is 15.3. The standard InChI is InChI=1S/C15H14BrNO4S/c16-12-3-1-2-4-15(12)22(18,19)17-10-11-5-6-13-14(9-11)21-8-7-20-13/h1-6,9,17H,7-8,10H2. The molecule has 1 heterocycles. The molecular formula is C15H14BrNO4S. The van der Waals surface area contributed by atoms with Crippen LogP contribution in [-0.4, -0.2) is 21.6 Å². The summed E-state index contributed by atoms with van der Waals surface area (Å²) in [6, 6.07) is 12.1. The molecule has 22 heavy (non-hydrogen) atoms. The van der Waals surface area contributed by atoms with Crippen LogP contribution < -0.4 is 14.2 Å². The number of hydrogen-bond acceptors (Lipinski definition) is 4. The molecular weight excluding hydrogens is 370 g/mol. The monoisotopic (exact) mass is 383 g/mol. The number of ether oxygens (including phenoxy) is 2. The Kier molecular flexibility index (Phi) is 4.37. The van der Waals surface area contributed by atoms with Gasteiger partial charge in [0.05, 0.1) is 4.90 Å². The van der Waals surface area contributed by atoms with Gasteiger partial charge in [0.1, 0.15) is 13.2 Å². The summed E-state index contributed by atoms with van der Waals surface area (Å²) in [5.74, 6) is 1.33. The van der Waals surface area contributed by atoms with Gasteiger partial charge in [0.15, 0.2) is 11.5 Å². The van der Waals surface area contributed by atoms with Crippen LogP contribution in [0, 0.1) is 0 Å². The van der Waals surface area contributed by atoms with Crippen molar-refractivity contribution in [2.24, 2.45) is 0 Å². The van der Waals surface area contributed by atoms with Crippen molar-refractivity contribution in [2.75, 3.05) is 13.2 Å². The number of nitrogens with one attached hydrogen (secondary N) is 1. The molecule has 3 rings (SSSR count). The summed E-state index contributed by atoms with van der Waals surface area (Å²) in [6.45, 7) is 1.21. The van der Waals surface area contributed by atoms with E-state index in [1.807, 2.05) is 6.07 Å². The molecule has 5 nitrogen and oxygen atoms in total. The SMILES string of the molecule is O=S(=O)(NCc1ccc2c(c1)OCCO2)c1ccccc1Br. The maximum absolute atomic E-state index is 12.3. The van der Waals surface area contributed by atoms with Crippen LogP contribution in [0.15, 0.2) is 51.8 Å². The molecule has 0 spiro atoms. The van der Waals surface area contributed by atoms with Gasteiger partial charge in [0.25, 0.3) is 0 Å². The predicted molar refractivity (Wildman–Crippen MR) is 85.6 cm³/mol. The lowest BCUT2D eigenvalue weighted by atomic mass is 10.2. The first-order chi connectivity index (χ1) is 10.6. The number of hydrogen-bond donors (Lipinski definition) is 1. The fourth-order valence-electron chi connectivity index (χ4n) is 2.12. The molecule has 0 aromatic heterocycles. The smallest absolute Gasteiger partial charge is 0.241 e. The zero-order valence-corrected chi connectivity index (χ0v) is 14.0. The lowest BCUT2D eigenvalue weighted by Crippen LogP contribution is -2.23. The molecule has 0 radical (unpaired) electrons. The summed E-state index contributed by atoms with van der Waals surface area (Å²) in [6.07, 6.45) is 0. The highest BCUT2D eigenvalue weighted by Crippen LogP contribution is 2.30. The van der Waals surface area contributed by atoms with Crippen molar-refractivity contribution in [1.29, 1.82) is 0 Å². The van der Waals surface area contributed by atoms with Crippen molar-refractivity contribution in [1.82, 2.24) is 4.72 Å². The lowest BCUT2D eigenvalue weighted by molar-refractivity contribution is 0.171. The Balaban J connectivity index is 1.76. The first-order valence-corrected chi connectivity index (χ1v) is 8.96. The van der Waals surface area contributed by atoms with E-state index in [1.165, 1.54) is 0 Å². The van der Waals surface area contributed by atoms with Gasteiger partial charge in [0, 0.05) is 11.0 Å². The summed E-state index contributed by atoms with van der Waals surface area (Å²) in [4.78, 5) is 0.215. The van der Waals surface area contributed by atoms with Crippen LogP contribution in [0.25, 0.3) is 0 Å². The molecule has 0 fully saturated rings. The minimum atomic E-state index is -3.58. The molecule has 0 aliphatic carbocycles. The minimum absolute atomic E-state index is 0.181. The summed E-state index contributed by atoms with van der Waals surface area (Å²) < 4.78 is 38.7. The molecule has 0 atom stereocenters. The lowest BCUT2D eigenvalue weighted by Gasteiger charge is -2.19. The highest BCUT2D eigenvalue weighted by molar-refractivity contribution is 9.10. The largest absolute Gasteiger partial charge is 0.486 e. The zero-order chi connectivity index (χ0) is 15.6. The Hall–Kier alpha value is -1.57. The summed E-state index contributed by atoms with van der Waals surface area (Å²) in [7, 11) is -3.58. The third-order valence-electron chi connectivity index (χ3n) is 3.20. The van der Waals surface area contributed by atoms with Crippen LogP contribution in [0.1, 0.15) is 5.56 Å². The van der Waals surface area contributed by atoms with E-state index in [1.54, 1.807) is 36.4 Å². The predicted octanol–water partition coefficient (Wildman–Crippen LogP) is 2.70. The molecule has 0 unspecified atom stereocenters. The molecule has 2 aromatic rings. The van der Waals surface area contributed by atoms with Gasteiger partial charge < -0.3 is 9.47 Å². The zero-order valence-electron chi connectivity index (χ0n) is 11.6. The van der Waals surface area contributed by atoms with E-state index < -0.39 is 10.0 Å². The normalized spacial score (nSPS) is 13.9. The van der Waals surface area contributed by atoms with Crippen LogP contribution in [0.4, 0.5) is 0 Å². The molecule has 1 aliphatic rings. The van der Waals surface area contributed by atoms with Crippen molar-refractivity contribution in [3.8, 4) is 11.5 Å². The minimum Gasteiger partial charge on any atom is -0.486 e. The quantitative estimate of drug-likeness (QED) is 0.881. The van der Waals surface area contributed by atoms with Crippen LogP contribution in [0.2, 0.25) is 0 Å². The number of halogens is 1. The van der Waals surface area contributed by atoms with E-state index in [0.717, 1.165) is 5.56 Å². The van der Waals surface area contributed by atoms with Gasteiger partial charge in [-0.2, -0.15) is 0 Å². The maximum atomic E-state index is 12.3. The van der Waals surface area contributed by atoms with Crippen molar-refractivity contribution in [3.05, 3.63) is 52.5 Å². The van der Waals surface area contributed by atoms with Crippen molar-refractivity contribution < 1.29 is 17.9 Å². The Morgan fingerprint density at radius 2 is 1.77 bits per heavy atom. The van der Waals surface area contributed by atoms with Gasteiger partial charge in [-0.25, -0.2) is 13.1 Å². The second-order valence-corrected chi connectivity index (χ2v) is 7.32. The number of rotatable bonds is 4. The van der Waals surface area contributed by atoms with Crippen LogP contribution in [0.3, 0.4) is 0 Å². The molecule has 0 amide bonds. The van der Waals surface area contributed by atoms with Crippen LogP contribution in [-0.2, 0) is 16.6 Å². The third-order valence-corrected chi connectivity index (χ3v) is 5.61. The summed E-state index contributed by atoms with van der Waals surface area (Å²) in [5.41, 5.74) is 0.805. The van der Waals surface area contributed by atoms with Crippen molar-refractivity contribution in [2.45, 2.75) is 11.4 Å². The van der Waals surface area contributed by atoms with Crippen molar-refractivity contribution >= 4 is 26.0 Å². The molecule has 1 aliphatic heterocycles. The van der Waals surface area contributed by atoms with Gasteiger partial charge >= 0.3 is 0 Å². The summed E-state index contributed by atoms with van der Waals surface area (Å²) in [5, 5.41) is 0. The molecule has 0 bridgehead atoms. The van der Waals surface area contributed by atoms with Gasteiger partial charge in [-0.3, -0.25) is 0 Å². The maximum Gasteiger partial charge on any atom is 0.241 e. The molecule has 0 saturated carbocycles. The van der Waals surface area contributed by atoms with E-state index in [0.29, 0.717) is 29.2 Å². The number of fused-ring (bicyclic) bond motifs is 1. The fourth-order valence-corrected chi connectivity index (χ4v) is 4.14. The average Bonchev–Trinajstić information content (AvgIpc) is 2.53. The highest BCUT2D eigenvalue weighted by Gasteiger charge is 2.17. The highest BCUT2D eigenvalue weighted by atomic mass is 79.9. The first-order valence-electron chi connectivity index (χ1n) is 6.69. The Morgan fingerprint density at radius 1 is 1.05 bits per heavy atom. The number of benzene rings is 2. The van der Waals surface area contributed by atoms with E-state index in [2.05, 4.69) is 20.7 Å². The van der Waals surface area contributed by atoms with Crippen LogP contribution >= 0.6 is 15.9 Å². The summed E-state index contributed by atoms with van der Waals surface area (Å²) >= 11 is 3.25. The Morgan fingerprint density at radius 3 is 2.55 bits per heavy atom. The van der Waals surface area contributed by atoms with E-state index in [4.69, 9.17) is 9.47 Å². The Bertz CT molecular complexity index is 792. The molecule has 2 aromatic carbocycles. The van der Waals surface area contributed by atoms with Crippen LogP contribution in [0.5, 0.6) is 11.5 Å². The topological polar surface area (TPSA) is 64.6 Å². The average molecular weight is 384 g/mol. The number of sulfonamides is 1.